The summed E-state index contributed by atoms with van der Waals surface area (Å²) in [4.78, 5) is 0. The molecule has 0 aliphatic rings. The van der Waals surface area contributed by atoms with E-state index >= 15 is 0 Å². The van der Waals surface area contributed by atoms with E-state index in [1.807, 2.05) is 0 Å². The van der Waals surface area contributed by atoms with E-state index in [0.717, 1.165) is 18.8 Å². The number of hydrogen-bond acceptors (Lipinski definition) is 2. The van der Waals surface area contributed by atoms with Gasteiger partial charge in [0.25, 0.3) is 0 Å². The van der Waals surface area contributed by atoms with Gasteiger partial charge in [-0.2, -0.15) is 0 Å². The van der Waals surface area contributed by atoms with Crippen molar-refractivity contribution in [3.05, 3.63) is 29.3 Å². The van der Waals surface area contributed by atoms with Crippen LogP contribution in [0.5, 0.6) is 5.75 Å². The lowest BCUT2D eigenvalue weighted by molar-refractivity contribution is 0.127. The highest BCUT2D eigenvalue weighted by Gasteiger charge is 2.16. The van der Waals surface area contributed by atoms with Crippen molar-refractivity contribution < 1.29 is 9.47 Å². The largest absolute Gasteiger partial charge is 0.488 e. The van der Waals surface area contributed by atoms with Crippen molar-refractivity contribution in [2.24, 2.45) is 0 Å². The Hall–Kier alpha value is -1.02. The molecule has 16 heavy (non-hydrogen) atoms. The zero-order valence-corrected chi connectivity index (χ0v) is 11.0. The minimum atomic E-state index is -0.159. The maximum Gasteiger partial charge on any atom is 0.126 e. The van der Waals surface area contributed by atoms with Gasteiger partial charge in [0.1, 0.15) is 11.4 Å². The van der Waals surface area contributed by atoms with Gasteiger partial charge < -0.3 is 9.47 Å². The lowest BCUT2D eigenvalue weighted by atomic mass is 10.1. The highest BCUT2D eigenvalue weighted by Crippen LogP contribution is 2.27. The van der Waals surface area contributed by atoms with Gasteiger partial charge in [-0.3, -0.25) is 0 Å². The fourth-order valence-corrected chi connectivity index (χ4v) is 1.57. The molecule has 0 unspecified atom stereocenters. The van der Waals surface area contributed by atoms with Crippen molar-refractivity contribution in [3.63, 3.8) is 0 Å². The quantitative estimate of drug-likeness (QED) is 0.777. The summed E-state index contributed by atoms with van der Waals surface area (Å²) in [6.07, 6.45) is 0.892. The molecule has 0 saturated heterocycles. The minimum Gasteiger partial charge on any atom is -0.488 e. The van der Waals surface area contributed by atoms with Gasteiger partial charge in [0, 0.05) is 7.11 Å². The fourth-order valence-electron chi connectivity index (χ4n) is 1.57. The van der Waals surface area contributed by atoms with Crippen molar-refractivity contribution >= 4 is 0 Å². The highest BCUT2D eigenvalue weighted by molar-refractivity contribution is 5.41. The van der Waals surface area contributed by atoms with Gasteiger partial charge in [-0.25, -0.2) is 0 Å². The van der Waals surface area contributed by atoms with Gasteiger partial charge >= 0.3 is 0 Å². The molecule has 0 bridgehead atoms. The average Bonchev–Trinajstić information content (AvgIpc) is 2.17. The summed E-state index contributed by atoms with van der Waals surface area (Å²) in [5.41, 5.74) is 2.24. The number of aryl methyl sites for hydroxylation is 1. The van der Waals surface area contributed by atoms with Crippen LogP contribution in [0.1, 0.15) is 31.9 Å². The molecular formula is C14H22O2. The second kappa shape index (κ2) is 5.35. The van der Waals surface area contributed by atoms with Crippen LogP contribution < -0.4 is 4.74 Å². The Morgan fingerprint density at radius 1 is 1.19 bits per heavy atom. The van der Waals surface area contributed by atoms with E-state index in [9.17, 15) is 0 Å². The van der Waals surface area contributed by atoms with Gasteiger partial charge in [-0.15, -0.1) is 0 Å². The molecule has 0 heterocycles. The van der Waals surface area contributed by atoms with Gasteiger partial charge in [0.2, 0.25) is 0 Å². The first-order valence-corrected chi connectivity index (χ1v) is 5.70. The molecule has 2 heteroatoms. The molecule has 1 rings (SSSR count). The van der Waals surface area contributed by atoms with Crippen LogP contribution in [0.3, 0.4) is 0 Å². The molecular weight excluding hydrogens is 200 g/mol. The normalized spacial score (nSPS) is 11.6. The van der Waals surface area contributed by atoms with E-state index in [1.54, 1.807) is 7.11 Å². The molecule has 0 aliphatic heterocycles. The third-order valence-electron chi connectivity index (χ3n) is 2.28. The first-order valence-electron chi connectivity index (χ1n) is 5.70. The maximum absolute atomic E-state index is 6.01. The Morgan fingerprint density at radius 3 is 2.44 bits per heavy atom. The lowest BCUT2D eigenvalue weighted by Crippen LogP contribution is -2.24. The summed E-state index contributed by atoms with van der Waals surface area (Å²) >= 11 is 0. The Kier molecular flexibility index (Phi) is 4.36. The Bertz CT molecular complexity index is 337. The molecule has 0 aliphatic carbocycles. The molecule has 1 aromatic carbocycles. The zero-order chi connectivity index (χ0) is 12.2. The molecule has 0 amide bonds. The summed E-state index contributed by atoms with van der Waals surface area (Å²) in [5.74, 6) is 1.01. The number of para-hydroxylation sites is 1. The second-order valence-corrected chi connectivity index (χ2v) is 5.02. The summed E-state index contributed by atoms with van der Waals surface area (Å²) in [7, 11) is 1.72. The van der Waals surface area contributed by atoms with E-state index < -0.39 is 0 Å². The van der Waals surface area contributed by atoms with Crippen molar-refractivity contribution in [2.75, 3.05) is 13.7 Å². The van der Waals surface area contributed by atoms with Gasteiger partial charge in [0.15, 0.2) is 0 Å². The monoisotopic (exact) mass is 222 g/mol. The zero-order valence-electron chi connectivity index (χ0n) is 11.0. The van der Waals surface area contributed by atoms with E-state index in [1.165, 1.54) is 11.1 Å². The molecule has 1 aromatic rings. The highest BCUT2D eigenvalue weighted by atomic mass is 16.5. The smallest absolute Gasteiger partial charge is 0.126 e. The Labute approximate surface area is 98.6 Å². The van der Waals surface area contributed by atoms with Gasteiger partial charge in [0.05, 0.1) is 6.61 Å². The van der Waals surface area contributed by atoms with E-state index in [0.29, 0.717) is 0 Å². The Morgan fingerprint density at radius 2 is 1.88 bits per heavy atom. The Balaban J connectivity index is 2.94. The third kappa shape index (κ3) is 3.86. The molecule has 0 N–H and O–H groups in total. The number of methoxy groups -OCH3 is 1. The summed E-state index contributed by atoms with van der Waals surface area (Å²) in [5, 5.41) is 0. The predicted molar refractivity (Wildman–Crippen MR) is 67.1 cm³/mol. The number of hydrogen-bond donors (Lipinski definition) is 0. The SMILES string of the molecule is COCCc1cccc(C)c1OC(C)(C)C. The minimum absolute atomic E-state index is 0.159. The van der Waals surface area contributed by atoms with Gasteiger partial charge in [-0.05, 0) is 45.2 Å². The number of benzene rings is 1. The van der Waals surface area contributed by atoms with Crippen LogP contribution in [0.4, 0.5) is 0 Å². The fraction of sp³-hybridized carbons (Fsp3) is 0.571. The average molecular weight is 222 g/mol. The third-order valence-corrected chi connectivity index (χ3v) is 2.28. The molecule has 90 valence electrons. The van der Waals surface area contributed by atoms with Crippen LogP contribution in [0.25, 0.3) is 0 Å². The van der Waals surface area contributed by atoms with Crippen molar-refractivity contribution in [3.8, 4) is 5.75 Å². The number of ether oxygens (including phenoxy) is 2. The predicted octanol–water partition coefficient (Wildman–Crippen LogP) is 3.36. The van der Waals surface area contributed by atoms with Crippen LogP contribution in [0, 0.1) is 6.92 Å². The number of rotatable bonds is 4. The molecule has 2 nitrogen and oxygen atoms in total. The molecule has 0 aromatic heterocycles. The van der Waals surface area contributed by atoms with Crippen LogP contribution in [0.2, 0.25) is 0 Å². The standard InChI is InChI=1S/C14H22O2/c1-11-7-6-8-12(9-10-15-5)13(11)16-14(2,3)4/h6-8H,9-10H2,1-5H3. The lowest BCUT2D eigenvalue weighted by Gasteiger charge is -2.24. The van der Waals surface area contributed by atoms with Crippen molar-refractivity contribution in [1.82, 2.24) is 0 Å². The summed E-state index contributed by atoms with van der Waals surface area (Å²) in [6, 6.07) is 6.25. The maximum atomic E-state index is 6.01. The molecule has 0 spiro atoms. The van der Waals surface area contributed by atoms with E-state index in [4.69, 9.17) is 9.47 Å². The van der Waals surface area contributed by atoms with Crippen LogP contribution >= 0.6 is 0 Å². The van der Waals surface area contributed by atoms with Crippen LogP contribution in [-0.2, 0) is 11.2 Å². The molecule has 0 atom stereocenters. The first kappa shape index (κ1) is 13.0. The summed E-state index contributed by atoms with van der Waals surface area (Å²) < 4.78 is 11.1. The van der Waals surface area contributed by atoms with E-state index in [-0.39, 0.29) is 5.60 Å². The van der Waals surface area contributed by atoms with Crippen LogP contribution in [-0.4, -0.2) is 19.3 Å². The topological polar surface area (TPSA) is 18.5 Å². The molecule has 0 saturated carbocycles. The van der Waals surface area contributed by atoms with E-state index in [2.05, 4.69) is 45.9 Å². The molecule has 0 fully saturated rings. The van der Waals surface area contributed by atoms with Crippen molar-refractivity contribution in [1.29, 1.82) is 0 Å². The molecule has 0 radical (unpaired) electrons. The van der Waals surface area contributed by atoms with Crippen LogP contribution in [0.15, 0.2) is 18.2 Å². The second-order valence-electron chi connectivity index (χ2n) is 5.02. The first-order chi connectivity index (χ1) is 7.44. The summed E-state index contributed by atoms with van der Waals surface area (Å²) in [6.45, 7) is 9.01. The van der Waals surface area contributed by atoms with Gasteiger partial charge in [-0.1, -0.05) is 18.2 Å². The van der Waals surface area contributed by atoms with Crippen molar-refractivity contribution in [2.45, 2.75) is 39.7 Å².